The van der Waals surface area contributed by atoms with Crippen molar-refractivity contribution in [3.63, 3.8) is 0 Å². The second-order valence-electron chi connectivity index (χ2n) is 4.75. The first-order chi connectivity index (χ1) is 9.22. The lowest BCUT2D eigenvalue weighted by atomic mass is 10.0. The fourth-order valence-corrected chi connectivity index (χ4v) is 2.17. The van der Waals surface area contributed by atoms with Crippen molar-refractivity contribution in [2.45, 2.75) is 32.7 Å². The van der Waals surface area contributed by atoms with Crippen LogP contribution < -0.4 is 5.32 Å². The number of anilines is 1. The van der Waals surface area contributed by atoms with Crippen molar-refractivity contribution >= 4 is 5.69 Å². The number of hydrogen-bond donors (Lipinski definition) is 2. The van der Waals surface area contributed by atoms with E-state index in [0.29, 0.717) is 5.75 Å². The van der Waals surface area contributed by atoms with Crippen LogP contribution in [0.3, 0.4) is 0 Å². The van der Waals surface area contributed by atoms with Gasteiger partial charge in [0.25, 0.3) is 0 Å². The molecule has 0 aliphatic carbocycles. The highest BCUT2D eigenvalue weighted by Gasteiger charge is 2.08. The molecule has 2 nitrogen and oxygen atoms in total. The number of aryl methyl sites for hydroxylation is 1. The average molecular weight is 255 g/mol. The highest BCUT2D eigenvalue weighted by Crippen LogP contribution is 2.24. The SMILES string of the molecule is CCc1ccc(NC(CC)c2ccc(O)cc2)cc1. The highest BCUT2D eigenvalue weighted by molar-refractivity contribution is 5.47. The molecule has 0 amide bonds. The summed E-state index contributed by atoms with van der Waals surface area (Å²) in [5, 5.41) is 12.9. The highest BCUT2D eigenvalue weighted by atomic mass is 16.3. The van der Waals surface area contributed by atoms with Crippen molar-refractivity contribution in [2.75, 3.05) is 5.32 Å². The predicted octanol–water partition coefficient (Wildman–Crippen LogP) is 4.52. The zero-order valence-electron chi connectivity index (χ0n) is 11.6. The molecule has 0 bridgehead atoms. The molecule has 0 radical (unpaired) electrons. The zero-order valence-corrected chi connectivity index (χ0v) is 11.6. The number of phenols is 1. The number of phenolic OH excluding ortho intramolecular Hbond substituents is 1. The van der Waals surface area contributed by atoms with Crippen LogP contribution in [0.1, 0.15) is 37.4 Å². The molecule has 2 N–H and O–H groups in total. The lowest BCUT2D eigenvalue weighted by Crippen LogP contribution is -2.09. The first-order valence-electron chi connectivity index (χ1n) is 6.87. The Hall–Kier alpha value is -1.96. The third kappa shape index (κ3) is 3.50. The summed E-state index contributed by atoms with van der Waals surface area (Å²) >= 11 is 0. The lowest BCUT2D eigenvalue weighted by molar-refractivity contribution is 0.475. The van der Waals surface area contributed by atoms with Crippen LogP contribution in [0.4, 0.5) is 5.69 Å². The fraction of sp³-hybridized carbons (Fsp3) is 0.294. The van der Waals surface area contributed by atoms with E-state index < -0.39 is 0 Å². The Balaban J connectivity index is 2.11. The molecule has 2 rings (SSSR count). The second-order valence-corrected chi connectivity index (χ2v) is 4.75. The van der Waals surface area contributed by atoms with Gasteiger partial charge in [-0.2, -0.15) is 0 Å². The van der Waals surface area contributed by atoms with Crippen LogP contribution in [0.5, 0.6) is 5.75 Å². The van der Waals surface area contributed by atoms with E-state index in [9.17, 15) is 5.11 Å². The van der Waals surface area contributed by atoms with Crippen molar-refractivity contribution in [3.05, 3.63) is 59.7 Å². The molecule has 0 aliphatic heterocycles. The Morgan fingerprint density at radius 2 is 1.58 bits per heavy atom. The van der Waals surface area contributed by atoms with Gasteiger partial charge in [-0.05, 0) is 48.2 Å². The smallest absolute Gasteiger partial charge is 0.115 e. The van der Waals surface area contributed by atoms with Crippen LogP contribution in [0.2, 0.25) is 0 Å². The summed E-state index contributed by atoms with van der Waals surface area (Å²) in [5.41, 5.74) is 3.68. The summed E-state index contributed by atoms with van der Waals surface area (Å²) in [6, 6.07) is 16.3. The molecule has 0 fully saturated rings. The Labute approximate surface area is 115 Å². The van der Waals surface area contributed by atoms with Gasteiger partial charge >= 0.3 is 0 Å². The lowest BCUT2D eigenvalue weighted by Gasteiger charge is -2.19. The molecule has 100 valence electrons. The van der Waals surface area contributed by atoms with Crippen molar-refractivity contribution in [1.82, 2.24) is 0 Å². The Morgan fingerprint density at radius 1 is 0.947 bits per heavy atom. The maximum Gasteiger partial charge on any atom is 0.115 e. The van der Waals surface area contributed by atoms with Gasteiger partial charge in [0.1, 0.15) is 5.75 Å². The summed E-state index contributed by atoms with van der Waals surface area (Å²) in [6.07, 6.45) is 2.07. The van der Waals surface area contributed by atoms with Crippen molar-refractivity contribution in [1.29, 1.82) is 0 Å². The van der Waals surface area contributed by atoms with Gasteiger partial charge in [-0.15, -0.1) is 0 Å². The fourth-order valence-electron chi connectivity index (χ4n) is 2.17. The van der Waals surface area contributed by atoms with E-state index in [1.165, 1.54) is 11.1 Å². The Bertz CT molecular complexity index is 502. The standard InChI is InChI=1S/C17H21NO/c1-3-13-5-9-15(10-6-13)18-17(4-2)14-7-11-16(19)12-8-14/h5-12,17-19H,3-4H2,1-2H3. The third-order valence-electron chi connectivity index (χ3n) is 3.41. The normalized spacial score (nSPS) is 12.1. The van der Waals surface area contributed by atoms with Gasteiger partial charge in [-0.25, -0.2) is 0 Å². The molecule has 0 saturated heterocycles. The Morgan fingerprint density at radius 3 is 2.11 bits per heavy atom. The minimum atomic E-state index is 0.271. The van der Waals surface area contributed by atoms with E-state index in [0.717, 1.165) is 18.5 Å². The van der Waals surface area contributed by atoms with Gasteiger partial charge < -0.3 is 10.4 Å². The number of hydrogen-bond acceptors (Lipinski definition) is 2. The minimum Gasteiger partial charge on any atom is -0.508 e. The third-order valence-corrected chi connectivity index (χ3v) is 3.41. The molecule has 0 aliphatic rings. The van der Waals surface area contributed by atoms with Crippen molar-refractivity contribution in [2.24, 2.45) is 0 Å². The minimum absolute atomic E-state index is 0.271. The van der Waals surface area contributed by atoms with Gasteiger partial charge in [0.05, 0.1) is 6.04 Å². The molecular weight excluding hydrogens is 234 g/mol. The zero-order chi connectivity index (χ0) is 13.7. The maximum atomic E-state index is 9.34. The molecule has 1 unspecified atom stereocenters. The van der Waals surface area contributed by atoms with Crippen molar-refractivity contribution < 1.29 is 5.11 Å². The number of rotatable bonds is 5. The van der Waals surface area contributed by atoms with E-state index in [2.05, 4.69) is 43.4 Å². The number of aromatic hydroxyl groups is 1. The van der Waals surface area contributed by atoms with E-state index in [4.69, 9.17) is 0 Å². The van der Waals surface area contributed by atoms with E-state index in [1.807, 2.05) is 12.1 Å². The van der Waals surface area contributed by atoms with E-state index in [-0.39, 0.29) is 6.04 Å². The molecule has 2 aromatic rings. The molecule has 1 atom stereocenters. The van der Waals surface area contributed by atoms with Crippen LogP contribution in [-0.2, 0) is 6.42 Å². The van der Waals surface area contributed by atoms with Gasteiger partial charge in [0.15, 0.2) is 0 Å². The van der Waals surface area contributed by atoms with Crippen LogP contribution >= 0.6 is 0 Å². The summed E-state index contributed by atoms with van der Waals surface area (Å²) < 4.78 is 0. The molecule has 2 aromatic carbocycles. The molecule has 0 spiro atoms. The first kappa shape index (κ1) is 13.5. The van der Waals surface area contributed by atoms with Crippen LogP contribution in [-0.4, -0.2) is 5.11 Å². The van der Waals surface area contributed by atoms with Crippen LogP contribution in [0.25, 0.3) is 0 Å². The molecule has 0 aromatic heterocycles. The average Bonchev–Trinajstić information content (AvgIpc) is 2.46. The summed E-state index contributed by atoms with van der Waals surface area (Å²) in [5.74, 6) is 0.311. The van der Waals surface area contributed by atoms with Crippen LogP contribution in [0, 0.1) is 0 Å². The number of benzene rings is 2. The molecule has 2 heteroatoms. The molecule has 19 heavy (non-hydrogen) atoms. The predicted molar refractivity (Wildman–Crippen MR) is 80.6 cm³/mol. The van der Waals surface area contributed by atoms with Gasteiger partial charge in [-0.3, -0.25) is 0 Å². The van der Waals surface area contributed by atoms with Gasteiger partial charge in [0.2, 0.25) is 0 Å². The Kier molecular flexibility index (Phi) is 4.45. The summed E-state index contributed by atoms with van der Waals surface area (Å²) in [7, 11) is 0. The molecule has 0 heterocycles. The first-order valence-corrected chi connectivity index (χ1v) is 6.87. The molecule has 0 saturated carbocycles. The number of nitrogens with one attached hydrogen (secondary N) is 1. The second kappa shape index (κ2) is 6.28. The van der Waals surface area contributed by atoms with Gasteiger partial charge in [0, 0.05) is 5.69 Å². The molecular formula is C17H21NO. The van der Waals surface area contributed by atoms with Crippen LogP contribution in [0.15, 0.2) is 48.5 Å². The summed E-state index contributed by atoms with van der Waals surface area (Å²) in [6.45, 7) is 4.32. The van der Waals surface area contributed by atoms with Crippen molar-refractivity contribution in [3.8, 4) is 5.75 Å². The van der Waals surface area contributed by atoms with E-state index in [1.54, 1.807) is 12.1 Å². The maximum absolute atomic E-state index is 9.34. The van der Waals surface area contributed by atoms with Gasteiger partial charge in [-0.1, -0.05) is 38.1 Å². The monoisotopic (exact) mass is 255 g/mol. The summed E-state index contributed by atoms with van der Waals surface area (Å²) in [4.78, 5) is 0. The largest absolute Gasteiger partial charge is 0.508 e. The van der Waals surface area contributed by atoms with E-state index >= 15 is 0 Å². The quantitative estimate of drug-likeness (QED) is 0.823. The topological polar surface area (TPSA) is 32.3 Å².